The molecule has 1 aliphatic rings. The molecular formula is C32H29NO7. The summed E-state index contributed by atoms with van der Waals surface area (Å²) >= 11 is 0. The Hall–Kier alpha value is -4.85. The standard InChI is InChI=1S/C32H29NO7/c1-5-16-39-25-15-11-21(18-26(25)37-6-2)28-27-29(34)23-17-19(4)8-14-24(23)40-30(27)31(35)33(28)22-12-9-20(10-13-22)32(36)38-7-3/h5,8-15,17-18,28H,1,6-7,16H2,2-4H3. The van der Waals surface area contributed by atoms with Crippen LogP contribution in [0.1, 0.15) is 57.5 Å². The number of anilines is 1. The molecule has 1 atom stereocenters. The smallest absolute Gasteiger partial charge is 0.338 e. The lowest BCUT2D eigenvalue weighted by Crippen LogP contribution is -2.29. The number of hydrogen-bond donors (Lipinski definition) is 0. The fraction of sp³-hybridized carbons (Fsp3) is 0.219. The molecule has 204 valence electrons. The minimum Gasteiger partial charge on any atom is -0.490 e. The number of ether oxygens (including phenoxy) is 3. The number of esters is 1. The number of rotatable bonds is 9. The van der Waals surface area contributed by atoms with Crippen molar-refractivity contribution in [3.05, 3.63) is 112 Å². The summed E-state index contributed by atoms with van der Waals surface area (Å²) in [6, 6.07) is 16.3. The van der Waals surface area contributed by atoms with Gasteiger partial charge in [0, 0.05) is 5.69 Å². The van der Waals surface area contributed by atoms with E-state index < -0.39 is 17.9 Å². The van der Waals surface area contributed by atoms with Crippen LogP contribution in [-0.4, -0.2) is 31.7 Å². The first-order chi connectivity index (χ1) is 19.4. The quantitative estimate of drug-likeness (QED) is 0.190. The van der Waals surface area contributed by atoms with E-state index in [2.05, 4.69) is 6.58 Å². The first-order valence-electron chi connectivity index (χ1n) is 13.1. The second kappa shape index (κ2) is 11.1. The third kappa shape index (κ3) is 4.73. The van der Waals surface area contributed by atoms with Crippen molar-refractivity contribution in [3.63, 3.8) is 0 Å². The summed E-state index contributed by atoms with van der Waals surface area (Å²) in [5, 5.41) is 0.395. The minimum atomic E-state index is -0.815. The second-order valence-corrected chi connectivity index (χ2v) is 9.26. The molecule has 1 aromatic heterocycles. The summed E-state index contributed by atoms with van der Waals surface area (Å²) in [6.45, 7) is 10.1. The van der Waals surface area contributed by atoms with Crippen LogP contribution in [-0.2, 0) is 4.74 Å². The molecule has 0 radical (unpaired) electrons. The van der Waals surface area contributed by atoms with Gasteiger partial charge in [0.25, 0.3) is 5.91 Å². The van der Waals surface area contributed by atoms with E-state index in [1.165, 1.54) is 4.90 Å². The van der Waals surface area contributed by atoms with Crippen molar-refractivity contribution in [2.75, 3.05) is 24.7 Å². The second-order valence-electron chi connectivity index (χ2n) is 9.26. The van der Waals surface area contributed by atoms with E-state index in [1.54, 1.807) is 67.6 Å². The van der Waals surface area contributed by atoms with E-state index in [1.807, 2.05) is 19.9 Å². The summed E-state index contributed by atoms with van der Waals surface area (Å²) in [7, 11) is 0. The molecule has 8 nitrogen and oxygen atoms in total. The molecule has 0 N–H and O–H groups in total. The van der Waals surface area contributed by atoms with Gasteiger partial charge >= 0.3 is 5.97 Å². The van der Waals surface area contributed by atoms with Gasteiger partial charge in [-0.2, -0.15) is 0 Å². The zero-order valence-electron chi connectivity index (χ0n) is 22.6. The summed E-state index contributed by atoms with van der Waals surface area (Å²) in [5.41, 5.74) is 2.66. The van der Waals surface area contributed by atoms with Crippen LogP contribution in [0.25, 0.3) is 11.0 Å². The van der Waals surface area contributed by atoms with Gasteiger partial charge in [-0.15, -0.1) is 0 Å². The first kappa shape index (κ1) is 26.7. The number of benzene rings is 3. The van der Waals surface area contributed by atoms with Crippen LogP contribution in [0.2, 0.25) is 0 Å². The predicted octanol–water partition coefficient (Wildman–Crippen LogP) is 5.99. The van der Waals surface area contributed by atoms with E-state index in [0.29, 0.717) is 45.9 Å². The van der Waals surface area contributed by atoms with Crippen LogP contribution in [0.5, 0.6) is 11.5 Å². The monoisotopic (exact) mass is 539 g/mol. The Morgan fingerprint density at radius 2 is 1.75 bits per heavy atom. The highest BCUT2D eigenvalue weighted by Crippen LogP contribution is 2.43. The number of aryl methyl sites for hydroxylation is 1. The van der Waals surface area contributed by atoms with Gasteiger partial charge in [-0.25, -0.2) is 4.79 Å². The highest BCUT2D eigenvalue weighted by atomic mass is 16.5. The lowest BCUT2D eigenvalue weighted by Gasteiger charge is -2.26. The zero-order valence-corrected chi connectivity index (χ0v) is 22.6. The molecule has 3 aromatic carbocycles. The number of amides is 1. The van der Waals surface area contributed by atoms with Gasteiger partial charge in [0.15, 0.2) is 16.9 Å². The maximum Gasteiger partial charge on any atom is 0.338 e. The molecule has 1 unspecified atom stereocenters. The lowest BCUT2D eigenvalue weighted by molar-refractivity contribution is 0.0526. The van der Waals surface area contributed by atoms with Gasteiger partial charge in [-0.3, -0.25) is 14.5 Å². The maximum absolute atomic E-state index is 13.9. The van der Waals surface area contributed by atoms with Gasteiger partial charge < -0.3 is 18.6 Å². The molecular weight excluding hydrogens is 510 g/mol. The van der Waals surface area contributed by atoms with Crippen molar-refractivity contribution in [1.29, 1.82) is 0 Å². The van der Waals surface area contributed by atoms with Crippen molar-refractivity contribution >= 4 is 28.5 Å². The Kier molecular flexibility index (Phi) is 7.42. The molecule has 2 heterocycles. The largest absolute Gasteiger partial charge is 0.490 e. The molecule has 0 saturated carbocycles. The zero-order chi connectivity index (χ0) is 28.4. The Morgan fingerprint density at radius 3 is 2.45 bits per heavy atom. The highest BCUT2D eigenvalue weighted by molar-refractivity contribution is 6.11. The fourth-order valence-corrected chi connectivity index (χ4v) is 4.87. The summed E-state index contributed by atoms with van der Waals surface area (Å²) in [6.07, 6.45) is 1.63. The van der Waals surface area contributed by atoms with Gasteiger partial charge in [0.2, 0.25) is 5.76 Å². The van der Waals surface area contributed by atoms with E-state index in [-0.39, 0.29) is 30.0 Å². The van der Waals surface area contributed by atoms with Crippen LogP contribution in [0.4, 0.5) is 5.69 Å². The number of carbonyl (C=O) groups is 2. The molecule has 0 aliphatic carbocycles. The van der Waals surface area contributed by atoms with Crippen LogP contribution >= 0.6 is 0 Å². The third-order valence-electron chi connectivity index (χ3n) is 6.62. The van der Waals surface area contributed by atoms with Gasteiger partial charge in [-0.1, -0.05) is 30.4 Å². The van der Waals surface area contributed by atoms with E-state index >= 15 is 0 Å². The first-order valence-corrected chi connectivity index (χ1v) is 13.1. The molecule has 1 amide bonds. The summed E-state index contributed by atoms with van der Waals surface area (Å²) in [4.78, 5) is 41.6. The van der Waals surface area contributed by atoms with Crippen molar-refractivity contribution < 1.29 is 28.2 Å². The molecule has 5 rings (SSSR count). The normalized spacial score (nSPS) is 14.2. The van der Waals surface area contributed by atoms with Crippen molar-refractivity contribution in [2.24, 2.45) is 0 Å². The van der Waals surface area contributed by atoms with Gasteiger partial charge in [0.05, 0.1) is 35.8 Å². The average Bonchev–Trinajstić information content (AvgIpc) is 3.25. The van der Waals surface area contributed by atoms with Crippen LogP contribution in [0.3, 0.4) is 0 Å². The van der Waals surface area contributed by atoms with Gasteiger partial charge in [0.1, 0.15) is 12.2 Å². The van der Waals surface area contributed by atoms with E-state index in [0.717, 1.165) is 5.56 Å². The van der Waals surface area contributed by atoms with E-state index in [4.69, 9.17) is 18.6 Å². The third-order valence-corrected chi connectivity index (χ3v) is 6.62. The van der Waals surface area contributed by atoms with E-state index in [9.17, 15) is 14.4 Å². The van der Waals surface area contributed by atoms with Crippen molar-refractivity contribution in [2.45, 2.75) is 26.8 Å². The molecule has 4 aromatic rings. The molecule has 0 spiro atoms. The topological polar surface area (TPSA) is 95.3 Å². The van der Waals surface area contributed by atoms with Crippen LogP contribution < -0.4 is 19.8 Å². The van der Waals surface area contributed by atoms with Gasteiger partial charge in [-0.05, 0) is 74.9 Å². The fourth-order valence-electron chi connectivity index (χ4n) is 4.87. The number of carbonyl (C=O) groups excluding carboxylic acids is 2. The average molecular weight is 540 g/mol. The predicted molar refractivity (Wildman–Crippen MR) is 152 cm³/mol. The molecule has 0 saturated heterocycles. The summed E-state index contributed by atoms with van der Waals surface area (Å²) < 4.78 is 22.8. The Bertz CT molecular complexity index is 1670. The van der Waals surface area contributed by atoms with Crippen molar-refractivity contribution in [1.82, 2.24) is 0 Å². The van der Waals surface area contributed by atoms with Crippen LogP contribution in [0.15, 0.2) is 82.5 Å². The van der Waals surface area contributed by atoms with Crippen LogP contribution in [0, 0.1) is 6.92 Å². The Balaban J connectivity index is 1.70. The number of hydrogen-bond acceptors (Lipinski definition) is 7. The lowest BCUT2D eigenvalue weighted by atomic mass is 9.97. The molecule has 0 bridgehead atoms. The molecule has 8 heteroatoms. The van der Waals surface area contributed by atoms with Crippen molar-refractivity contribution in [3.8, 4) is 11.5 Å². The number of nitrogens with zero attached hydrogens (tertiary/aromatic N) is 1. The molecule has 1 aliphatic heterocycles. The maximum atomic E-state index is 13.9. The number of fused-ring (bicyclic) bond motifs is 2. The minimum absolute atomic E-state index is 0.0224. The molecule has 40 heavy (non-hydrogen) atoms. The molecule has 0 fully saturated rings. The highest BCUT2D eigenvalue weighted by Gasteiger charge is 2.44. The Labute approximate surface area is 231 Å². The summed E-state index contributed by atoms with van der Waals surface area (Å²) in [5.74, 6) is 0.0404. The SMILES string of the molecule is C=CCOc1ccc(C2c3c(oc4ccc(C)cc4c3=O)C(=O)N2c2ccc(C(=O)OCC)cc2)cc1OCC. The Morgan fingerprint density at radius 1 is 0.975 bits per heavy atom.